The maximum Gasteiger partial charge on any atom is 0.253 e. The van der Waals surface area contributed by atoms with E-state index >= 15 is 0 Å². The molecule has 0 fully saturated rings. The lowest BCUT2D eigenvalue weighted by Crippen LogP contribution is -2.36. The molecule has 0 aliphatic carbocycles. The van der Waals surface area contributed by atoms with E-state index in [1.807, 2.05) is 18.4 Å². The molecular weight excluding hydrogens is 294 g/mol. The van der Waals surface area contributed by atoms with E-state index in [4.69, 9.17) is 11.6 Å². The van der Waals surface area contributed by atoms with Gasteiger partial charge in [-0.05, 0) is 36.6 Å². The highest BCUT2D eigenvalue weighted by molar-refractivity contribution is 7.09. The topological polar surface area (TPSA) is 40.5 Å². The van der Waals surface area contributed by atoms with Crippen molar-refractivity contribution in [1.82, 2.24) is 4.90 Å². The standard InChI is InChI=1S/C15H16ClNO2S/c1-10(8-12-4-3-7-20-12)17(2)15(19)11-5-6-14(18)13(16)9-11/h3-7,9-10,18H,8H2,1-2H3. The fraction of sp³-hybridized carbons (Fsp3) is 0.267. The number of phenols is 1. The average Bonchev–Trinajstić information content (AvgIpc) is 2.93. The number of benzene rings is 1. The summed E-state index contributed by atoms with van der Waals surface area (Å²) in [4.78, 5) is 15.3. The monoisotopic (exact) mass is 309 g/mol. The van der Waals surface area contributed by atoms with E-state index in [2.05, 4.69) is 6.07 Å². The summed E-state index contributed by atoms with van der Waals surface area (Å²) in [6, 6.07) is 8.68. The first-order valence-corrected chi connectivity index (χ1v) is 7.53. The second kappa shape index (κ2) is 6.29. The molecule has 0 saturated heterocycles. The van der Waals surface area contributed by atoms with Crippen molar-refractivity contribution < 1.29 is 9.90 Å². The summed E-state index contributed by atoms with van der Waals surface area (Å²) in [5.74, 6) is -0.117. The van der Waals surface area contributed by atoms with Gasteiger partial charge in [-0.25, -0.2) is 0 Å². The third kappa shape index (κ3) is 3.32. The van der Waals surface area contributed by atoms with Crippen molar-refractivity contribution in [3.63, 3.8) is 0 Å². The molecule has 1 amide bonds. The third-order valence-electron chi connectivity index (χ3n) is 3.25. The molecule has 0 radical (unpaired) electrons. The lowest BCUT2D eigenvalue weighted by Gasteiger charge is -2.24. The number of thiophene rings is 1. The molecule has 1 N–H and O–H groups in total. The van der Waals surface area contributed by atoms with Gasteiger partial charge in [-0.1, -0.05) is 17.7 Å². The van der Waals surface area contributed by atoms with Crippen LogP contribution in [0.5, 0.6) is 5.75 Å². The van der Waals surface area contributed by atoms with Crippen LogP contribution < -0.4 is 0 Å². The number of likely N-dealkylation sites (N-methyl/N-ethyl adjacent to an activating group) is 1. The van der Waals surface area contributed by atoms with Gasteiger partial charge in [-0.15, -0.1) is 11.3 Å². The number of carbonyl (C=O) groups excluding carboxylic acids is 1. The van der Waals surface area contributed by atoms with Crippen molar-refractivity contribution in [3.8, 4) is 5.75 Å². The average molecular weight is 310 g/mol. The summed E-state index contributed by atoms with van der Waals surface area (Å²) < 4.78 is 0. The predicted octanol–water partition coefficient (Wildman–Crippen LogP) is 3.81. The minimum atomic E-state index is -0.101. The minimum Gasteiger partial charge on any atom is -0.506 e. The summed E-state index contributed by atoms with van der Waals surface area (Å²) in [6.45, 7) is 2.01. The Bertz CT molecular complexity index is 598. The number of hydrogen-bond acceptors (Lipinski definition) is 3. The van der Waals surface area contributed by atoms with Crippen molar-refractivity contribution in [3.05, 3.63) is 51.2 Å². The van der Waals surface area contributed by atoms with Crippen LogP contribution >= 0.6 is 22.9 Å². The number of aromatic hydroxyl groups is 1. The molecule has 1 unspecified atom stereocenters. The Morgan fingerprint density at radius 1 is 1.45 bits per heavy atom. The molecule has 1 aromatic carbocycles. The quantitative estimate of drug-likeness (QED) is 0.933. The van der Waals surface area contributed by atoms with Gasteiger partial charge in [-0.3, -0.25) is 4.79 Å². The van der Waals surface area contributed by atoms with Gasteiger partial charge in [0.15, 0.2) is 0 Å². The molecule has 20 heavy (non-hydrogen) atoms. The van der Waals surface area contributed by atoms with Crippen molar-refractivity contribution in [1.29, 1.82) is 0 Å². The smallest absolute Gasteiger partial charge is 0.253 e. The number of nitrogens with zero attached hydrogens (tertiary/aromatic N) is 1. The number of rotatable bonds is 4. The molecule has 0 saturated carbocycles. The van der Waals surface area contributed by atoms with Crippen molar-refractivity contribution in [2.24, 2.45) is 0 Å². The zero-order chi connectivity index (χ0) is 14.7. The number of phenolic OH excluding ortho intramolecular Hbond substituents is 1. The molecular formula is C15H16ClNO2S. The Balaban J connectivity index is 2.09. The van der Waals surface area contributed by atoms with Crippen LogP contribution in [0.3, 0.4) is 0 Å². The highest BCUT2D eigenvalue weighted by Crippen LogP contribution is 2.24. The molecule has 0 spiro atoms. The third-order valence-corrected chi connectivity index (χ3v) is 4.45. The van der Waals surface area contributed by atoms with Gasteiger partial charge < -0.3 is 10.0 Å². The summed E-state index contributed by atoms with van der Waals surface area (Å²) in [7, 11) is 1.78. The van der Waals surface area contributed by atoms with E-state index in [9.17, 15) is 9.90 Å². The molecule has 3 nitrogen and oxygen atoms in total. The molecule has 5 heteroatoms. The molecule has 106 valence electrons. The molecule has 1 heterocycles. The number of halogens is 1. The maximum absolute atomic E-state index is 12.4. The van der Waals surface area contributed by atoms with E-state index in [0.29, 0.717) is 5.56 Å². The van der Waals surface area contributed by atoms with Gasteiger partial charge in [0, 0.05) is 30.0 Å². The first-order valence-electron chi connectivity index (χ1n) is 6.27. The molecule has 2 aromatic rings. The second-order valence-corrected chi connectivity index (χ2v) is 6.15. The lowest BCUT2D eigenvalue weighted by molar-refractivity contribution is 0.0744. The Labute approximate surface area is 127 Å². The molecule has 0 aliphatic rings. The van der Waals surface area contributed by atoms with Crippen LogP contribution in [0.1, 0.15) is 22.2 Å². The fourth-order valence-corrected chi connectivity index (χ4v) is 2.91. The Morgan fingerprint density at radius 2 is 2.20 bits per heavy atom. The zero-order valence-corrected chi connectivity index (χ0v) is 12.9. The van der Waals surface area contributed by atoms with E-state index in [-0.39, 0.29) is 22.7 Å². The second-order valence-electron chi connectivity index (χ2n) is 4.71. The van der Waals surface area contributed by atoms with Crippen molar-refractivity contribution >= 4 is 28.8 Å². The molecule has 0 aliphatic heterocycles. The summed E-state index contributed by atoms with van der Waals surface area (Å²) in [5, 5.41) is 11.6. The first kappa shape index (κ1) is 14.9. The van der Waals surface area contributed by atoms with Gasteiger partial charge in [0.2, 0.25) is 0 Å². The Hall–Kier alpha value is -1.52. The highest BCUT2D eigenvalue weighted by Gasteiger charge is 2.19. The molecule has 1 atom stereocenters. The summed E-state index contributed by atoms with van der Waals surface area (Å²) in [6.07, 6.45) is 0.825. The van der Waals surface area contributed by atoms with Crippen LogP contribution in [0.4, 0.5) is 0 Å². The van der Waals surface area contributed by atoms with Crippen molar-refractivity contribution in [2.45, 2.75) is 19.4 Å². The van der Waals surface area contributed by atoms with E-state index in [1.54, 1.807) is 29.4 Å². The van der Waals surface area contributed by atoms with Gasteiger partial charge in [0.1, 0.15) is 5.75 Å². The van der Waals surface area contributed by atoms with Gasteiger partial charge >= 0.3 is 0 Å². The number of amides is 1. The van der Waals surface area contributed by atoms with Gasteiger partial charge in [0.25, 0.3) is 5.91 Å². The minimum absolute atomic E-state index is 0.0162. The van der Waals surface area contributed by atoms with Crippen LogP contribution in [0.25, 0.3) is 0 Å². The summed E-state index contributed by atoms with van der Waals surface area (Å²) in [5.41, 5.74) is 0.480. The first-order chi connectivity index (χ1) is 9.49. The van der Waals surface area contributed by atoms with E-state index < -0.39 is 0 Å². The number of hydrogen-bond donors (Lipinski definition) is 1. The fourth-order valence-electron chi connectivity index (χ4n) is 1.90. The molecule has 1 aromatic heterocycles. The van der Waals surface area contributed by atoms with Crippen LogP contribution in [0.2, 0.25) is 5.02 Å². The lowest BCUT2D eigenvalue weighted by atomic mass is 10.1. The van der Waals surface area contributed by atoms with Gasteiger partial charge in [0.05, 0.1) is 5.02 Å². The van der Waals surface area contributed by atoms with E-state index in [1.165, 1.54) is 17.0 Å². The molecule has 0 bridgehead atoms. The largest absolute Gasteiger partial charge is 0.506 e. The predicted molar refractivity (Wildman–Crippen MR) is 82.7 cm³/mol. The van der Waals surface area contributed by atoms with Crippen LogP contribution in [-0.4, -0.2) is 29.0 Å². The van der Waals surface area contributed by atoms with E-state index in [0.717, 1.165) is 6.42 Å². The normalized spacial score (nSPS) is 12.2. The Morgan fingerprint density at radius 3 is 2.80 bits per heavy atom. The number of carbonyl (C=O) groups is 1. The van der Waals surface area contributed by atoms with Crippen LogP contribution in [0, 0.1) is 0 Å². The summed E-state index contributed by atoms with van der Waals surface area (Å²) >= 11 is 7.53. The van der Waals surface area contributed by atoms with Crippen LogP contribution in [-0.2, 0) is 6.42 Å². The van der Waals surface area contributed by atoms with Gasteiger partial charge in [-0.2, -0.15) is 0 Å². The zero-order valence-electron chi connectivity index (χ0n) is 11.3. The van der Waals surface area contributed by atoms with Crippen molar-refractivity contribution in [2.75, 3.05) is 7.05 Å². The Kier molecular flexibility index (Phi) is 4.68. The SMILES string of the molecule is CC(Cc1cccs1)N(C)C(=O)c1ccc(O)c(Cl)c1. The maximum atomic E-state index is 12.4. The van der Waals surface area contributed by atoms with Crippen LogP contribution in [0.15, 0.2) is 35.7 Å². The highest BCUT2D eigenvalue weighted by atomic mass is 35.5. The molecule has 2 rings (SSSR count).